The third kappa shape index (κ3) is 2.52. The summed E-state index contributed by atoms with van der Waals surface area (Å²) in [6.07, 6.45) is 0. The van der Waals surface area contributed by atoms with Crippen LogP contribution in [-0.4, -0.2) is 29.4 Å². The molecule has 68 valence electrons. The van der Waals surface area contributed by atoms with Crippen LogP contribution in [-0.2, 0) is 9.53 Å². The SMILES string of the molecule is CCOC(=O)C(C(=N)N)[N+](=O)[O-]. The normalized spacial score (nSPS) is 11.8. The second-order valence-corrected chi connectivity index (χ2v) is 1.90. The van der Waals surface area contributed by atoms with Crippen LogP contribution in [0.4, 0.5) is 0 Å². The molecule has 7 heteroatoms. The number of nitrogens with two attached hydrogens (primary N) is 1. The van der Waals surface area contributed by atoms with Crippen LogP contribution in [0.2, 0.25) is 0 Å². The van der Waals surface area contributed by atoms with Crippen molar-refractivity contribution >= 4 is 11.8 Å². The summed E-state index contributed by atoms with van der Waals surface area (Å²) in [5.41, 5.74) is 4.81. The molecule has 0 saturated carbocycles. The van der Waals surface area contributed by atoms with Crippen molar-refractivity contribution in [3.63, 3.8) is 0 Å². The van der Waals surface area contributed by atoms with Gasteiger partial charge >= 0.3 is 12.0 Å². The van der Waals surface area contributed by atoms with Gasteiger partial charge in [-0.05, 0) is 6.92 Å². The Balaban J connectivity index is 4.41. The highest BCUT2D eigenvalue weighted by Gasteiger charge is 2.34. The molecule has 1 atom stereocenters. The van der Waals surface area contributed by atoms with Gasteiger partial charge in [-0.3, -0.25) is 15.5 Å². The Morgan fingerprint density at radius 1 is 1.83 bits per heavy atom. The van der Waals surface area contributed by atoms with Crippen molar-refractivity contribution in [1.82, 2.24) is 0 Å². The highest BCUT2D eigenvalue weighted by Crippen LogP contribution is 1.93. The number of amidine groups is 1. The fourth-order valence-corrected chi connectivity index (χ4v) is 0.548. The standard InChI is InChI=1S/C5H9N3O4/c1-2-12-5(9)3(4(6)7)8(10)11/h3H,2H2,1H3,(H3,6,7). The van der Waals surface area contributed by atoms with E-state index in [0.717, 1.165) is 0 Å². The van der Waals surface area contributed by atoms with Crippen molar-refractivity contribution in [3.8, 4) is 0 Å². The molecule has 0 aromatic rings. The van der Waals surface area contributed by atoms with Gasteiger partial charge in [-0.15, -0.1) is 0 Å². The van der Waals surface area contributed by atoms with E-state index in [2.05, 4.69) is 4.74 Å². The van der Waals surface area contributed by atoms with Crippen molar-refractivity contribution in [2.45, 2.75) is 13.0 Å². The van der Waals surface area contributed by atoms with Crippen molar-refractivity contribution < 1.29 is 14.5 Å². The first-order valence-electron chi connectivity index (χ1n) is 3.14. The largest absolute Gasteiger partial charge is 0.461 e. The van der Waals surface area contributed by atoms with Crippen LogP contribution < -0.4 is 5.73 Å². The molecule has 0 saturated heterocycles. The Morgan fingerprint density at radius 2 is 2.33 bits per heavy atom. The number of carbonyl (C=O) groups is 1. The molecule has 0 bridgehead atoms. The Bertz CT molecular complexity index is 201. The van der Waals surface area contributed by atoms with E-state index in [1.807, 2.05) is 0 Å². The lowest BCUT2D eigenvalue weighted by molar-refractivity contribution is -0.492. The van der Waals surface area contributed by atoms with Crippen LogP contribution in [0.1, 0.15) is 6.92 Å². The number of nitro groups is 1. The minimum absolute atomic E-state index is 0.0243. The van der Waals surface area contributed by atoms with Crippen molar-refractivity contribution in [2.75, 3.05) is 6.61 Å². The maximum absolute atomic E-state index is 10.7. The summed E-state index contributed by atoms with van der Waals surface area (Å²) in [7, 11) is 0. The molecule has 0 aliphatic carbocycles. The van der Waals surface area contributed by atoms with Crippen molar-refractivity contribution in [2.24, 2.45) is 5.73 Å². The molecule has 0 amide bonds. The van der Waals surface area contributed by atoms with Gasteiger partial charge in [0.25, 0.3) is 0 Å². The lowest BCUT2D eigenvalue weighted by Gasteiger charge is -2.05. The smallest absolute Gasteiger partial charge is 0.390 e. The van der Waals surface area contributed by atoms with Gasteiger partial charge in [0.2, 0.25) is 0 Å². The van der Waals surface area contributed by atoms with Crippen molar-refractivity contribution in [1.29, 1.82) is 5.41 Å². The second kappa shape index (κ2) is 4.27. The number of rotatable bonds is 4. The van der Waals surface area contributed by atoms with E-state index in [1.165, 1.54) is 6.92 Å². The van der Waals surface area contributed by atoms with Crippen LogP contribution in [0.3, 0.4) is 0 Å². The van der Waals surface area contributed by atoms with Gasteiger partial charge in [0.1, 0.15) is 0 Å². The third-order valence-corrected chi connectivity index (χ3v) is 1.02. The lowest BCUT2D eigenvalue weighted by atomic mass is 10.3. The number of ether oxygens (including phenoxy) is 1. The van der Waals surface area contributed by atoms with Crippen LogP contribution in [0.15, 0.2) is 0 Å². The molecule has 1 unspecified atom stereocenters. The molecule has 0 fully saturated rings. The molecule has 0 aliphatic heterocycles. The predicted molar refractivity (Wildman–Crippen MR) is 39.3 cm³/mol. The molecule has 0 radical (unpaired) electrons. The van der Waals surface area contributed by atoms with Gasteiger partial charge in [-0.1, -0.05) is 0 Å². The maximum Gasteiger partial charge on any atom is 0.390 e. The first-order chi connectivity index (χ1) is 5.50. The zero-order chi connectivity index (χ0) is 9.72. The van der Waals surface area contributed by atoms with E-state index in [9.17, 15) is 14.9 Å². The van der Waals surface area contributed by atoms with E-state index in [0.29, 0.717) is 0 Å². The summed E-state index contributed by atoms with van der Waals surface area (Å²) in [6, 6.07) is -1.87. The van der Waals surface area contributed by atoms with Gasteiger partial charge < -0.3 is 10.5 Å². The zero-order valence-corrected chi connectivity index (χ0v) is 6.44. The topological polar surface area (TPSA) is 119 Å². The third-order valence-electron chi connectivity index (χ3n) is 1.02. The fourth-order valence-electron chi connectivity index (χ4n) is 0.548. The molecule has 0 heterocycles. The summed E-state index contributed by atoms with van der Waals surface area (Å²) in [6.45, 7) is 1.53. The summed E-state index contributed by atoms with van der Waals surface area (Å²) in [5, 5.41) is 16.9. The monoisotopic (exact) mass is 175 g/mol. The summed E-state index contributed by atoms with van der Waals surface area (Å²) < 4.78 is 4.33. The Kier molecular flexibility index (Phi) is 3.68. The molecule has 0 spiro atoms. The Labute approximate surface area is 68.2 Å². The highest BCUT2D eigenvalue weighted by molar-refractivity contribution is 6.01. The zero-order valence-electron chi connectivity index (χ0n) is 6.44. The minimum Gasteiger partial charge on any atom is -0.461 e. The summed E-state index contributed by atoms with van der Waals surface area (Å²) in [4.78, 5) is 19.9. The molecule has 0 aromatic carbocycles. The molecule has 7 nitrogen and oxygen atoms in total. The minimum atomic E-state index is -1.87. The summed E-state index contributed by atoms with van der Waals surface area (Å²) >= 11 is 0. The average molecular weight is 175 g/mol. The predicted octanol–water partition coefficient (Wildman–Crippen LogP) is -0.869. The average Bonchev–Trinajstić information content (AvgIpc) is 1.85. The second-order valence-electron chi connectivity index (χ2n) is 1.90. The number of carbonyl (C=O) groups excluding carboxylic acids is 1. The molecule has 12 heavy (non-hydrogen) atoms. The van der Waals surface area contributed by atoms with Crippen LogP contribution in [0, 0.1) is 15.5 Å². The maximum atomic E-state index is 10.7. The first kappa shape index (κ1) is 10.3. The molecule has 0 aliphatic rings. The van der Waals surface area contributed by atoms with Gasteiger partial charge in [0.05, 0.1) is 6.61 Å². The van der Waals surface area contributed by atoms with Gasteiger partial charge in [0, 0.05) is 4.92 Å². The first-order valence-corrected chi connectivity index (χ1v) is 3.14. The van der Waals surface area contributed by atoms with E-state index in [-0.39, 0.29) is 6.61 Å². The summed E-state index contributed by atoms with van der Waals surface area (Å²) in [5.74, 6) is -1.92. The number of nitrogens with zero attached hydrogens (tertiary/aromatic N) is 1. The van der Waals surface area contributed by atoms with Gasteiger partial charge in [0.15, 0.2) is 5.84 Å². The fraction of sp³-hybridized carbons (Fsp3) is 0.600. The number of hydrogen-bond donors (Lipinski definition) is 2. The molecule has 3 N–H and O–H groups in total. The van der Waals surface area contributed by atoms with Crippen LogP contribution in [0.5, 0.6) is 0 Å². The Morgan fingerprint density at radius 3 is 2.58 bits per heavy atom. The van der Waals surface area contributed by atoms with E-state index in [4.69, 9.17) is 11.1 Å². The van der Waals surface area contributed by atoms with Crippen LogP contribution in [0.25, 0.3) is 0 Å². The molecule has 0 aromatic heterocycles. The van der Waals surface area contributed by atoms with E-state index >= 15 is 0 Å². The molecular formula is C5H9N3O4. The molecular weight excluding hydrogens is 166 g/mol. The number of nitrogens with one attached hydrogen (secondary N) is 1. The number of hydrogen-bond acceptors (Lipinski definition) is 5. The van der Waals surface area contributed by atoms with Gasteiger partial charge in [-0.2, -0.15) is 0 Å². The quantitative estimate of drug-likeness (QED) is 0.189. The lowest BCUT2D eigenvalue weighted by Crippen LogP contribution is -2.42. The molecule has 0 rings (SSSR count). The highest BCUT2D eigenvalue weighted by atomic mass is 16.6. The van der Waals surface area contributed by atoms with Gasteiger partial charge in [-0.25, -0.2) is 4.79 Å². The van der Waals surface area contributed by atoms with Crippen LogP contribution >= 0.6 is 0 Å². The Hall–Kier alpha value is -1.66. The van der Waals surface area contributed by atoms with E-state index in [1.54, 1.807) is 0 Å². The van der Waals surface area contributed by atoms with Crippen molar-refractivity contribution in [3.05, 3.63) is 10.1 Å². The number of esters is 1. The van der Waals surface area contributed by atoms with E-state index < -0.39 is 22.8 Å².